The van der Waals surface area contributed by atoms with E-state index in [0.29, 0.717) is 0 Å². The first-order valence-corrected chi connectivity index (χ1v) is 7.25. The highest BCUT2D eigenvalue weighted by Gasteiger charge is 2.16. The van der Waals surface area contributed by atoms with Crippen LogP contribution in [0.1, 0.15) is 22.0 Å². The van der Waals surface area contributed by atoms with Crippen molar-refractivity contribution in [2.45, 2.75) is 25.8 Å². The summed E-state index contributed by atoms with van der Waals surface area (Å²) in [5.74, 6) is 0. The third-order valence-electron chi connectivity index (χ3n) is 2.84. The summed E-state index contributed by atoms with van der Waals surface area (Å²) in [6, 6.07) is 1.96. The average Bonchev–Trinajstić information content (AvgIpc) is 2.88. The molecule has 3 rings (SSSR count). The molecule has 0 aromatic carbocycles. The maximum Gasteiger partial charge on any atom is 0.112 e. The molecule has 0 radical (unpaired) electrons. The second-order valence-corrected chi connectivity index (χ2v) is 6.06. The number of pyridine rings is 1. The first-order chi connectivity index (χ1) is 8.33. The number of nitrogens with one attached hydrogen (secondary N) is 1. The molecule has 88 valence electrons. The molecule has 5 heteroatoms. The Balaban J connectivity index is 1.70. The fraction of sp³-hybridized carbons (Fsp3) is 0.333. The standard InChI is InChI=1S/C12H12BrN3S/c13-8-6-14-5-4-9(8)15-7-12-16-10-2-1-3-11(10)17-12/h4-6H,1-3,7H2,(H,14,15). The van der Waals surface area contributed by atoms with Gasteiger partial charge >= 0.3 is 0 Å². The van der Waals surface area contributed by atoms with Crippen molar-refractivity contribution in [1.29, 1.82) is 0 Å². The van der Waals surface area contributed by atoms with E-state index in [1.165, 1.54) is 28.4 Å². The highest BCUT2D eigenvalue weighted by atomic mass is 79.9. The number of rotatable bonds is 3. The molecular formula is C12H12BrN3S. The SMILES string of the molecule is Brc1cnccc1NCc1nc2c(s1)CCC2. The number of aryl methyl sites for hydroxylation is 2. The zero-order valence-electron chi connectivity index (χ0n) is 9.24. The first-order valence-electron chi connectivity index (χ1n) is 5.64. The maximum atomic E-state index is 4.66. The Morgan fingerprint density at radius 3 is 3.18 bits per heavy atom. The van der Waals surface area contributed by atoms with Gasteiger partial charge in [-0.05, 0) is 41.3 Å². The van der Waals surface area contributed by atoms with Crippen LogP contribution >= 0.6 is 27.3 Å². The van der Waals surface area contributed by atoms with Gasteiger partial charge in [-0.15, -0.1) is 11.3 Å². The van der Waals surface area contributed by atoms with E-state index in [1.54, 1.807) is 12.4 Å². The molecule has 0 bridgehead atoms. The van der Waals surface area contributed by atoms with Crippen LogP contribution < -0.4 is 5.32 Å². The summed E-state index contributed by atoms with van der Waals surface area (Å²) in [6.07, 6.45) is 7.23. The summed E-state index contributed by atoms with van der Waals surface area (Å²) in [7, 11) is 0. The van der Waals surface area contributed by atoms with Gasteiger partial charge in [-0.1, -0.05) is 0 Å². The van der Waals surface area contributed by atoms with Crippen molar-refractivity contribution in [2.75, 3.05) is 5.32 Å². The molecule has 1 aliphatic carbocycles. The van der Waals surface area contributed by atoms with Crippen LogP contribution in [0.5, 0.6) is 0 Å². The van der Waals surface area contributed by atoms with Crippen LogP contribution in [0.2, 0.25) is 0 Å². The normalized spacial score (nSPS) is 13.7. The van der Waals surface area contributed by atoms with Gasteiger partial charge in [-0.2, -0.15) is 0 Å². The molecule has 0 aliphatic heterocycles. The number of halogens is 1. The van der Waals surface area contributed by atoms with E-state index in [-0.39, 0.29) is 0 Å². The monoisotopic (exact) mass is 309 g/mol. The Bertz CT molecular complexity index is 517. The smallest absolute Gasteiger partial charge is 0.112 e. The van der Waals surface area contributed by atoms with E-state index < -0.39 is 0 Å². The van der Waals surface area contributed by atoms with Crippen molar-refractivity contribution in [1.82, 2.24) is 9.97 Å². The van der Waals surface area contributed by atoms with Gasteiger partial charge in [-0.3, -0.25) is 4.98 Å². The number of hydrogen-bond donors (Lipinski definition) is 1. The Labute approximate surface area is 112 Å². The summed E-state index contributed by atoms with van der Waals surface area (Å²) in [5.41, 5.74) is 2.39. The molecule has 2 aromatic rings. The highest BCUT2D eigenvalue weighted by molar-refractivity contribution is 9.10. The molecule has 0 unspecified atom stereocenters. The van der Waals surface area contributed by atoms with Gasteiger partial charge in [0.05, 0.1) is 22.4 Å². The molecule has 0 atom stereocenters. The molecule has 0 spiro atoms. The molecule has 0 saturated heterocycles. The molecule has 0 fully saturated rings. The molecule has 1 N–H and O–H groups in total. The maximum absolute atomic E-state index is 4.66. The third kappa shape index (κ3) is 2.35. The summed E-state index contributed by atoms with van der Waals surface area (Å²) in [6.45, 7) is 0.792. The molecule has 0 amide bonds. The van der Waals surface area contributed by atoms with Gasteiger partial charge in [0.1, 0.15) is 5.01 Å². The second kappa shape index (κ2) is 4.74. The van der Waals surface area contributed by atoms with E-state index in [0.717, 1.165) is 23.1 Å². The minimum absolute atomic E-state index is 0.792. The van der Waals surface area contributed by atoms with Crippen molar-refractivity contribution < 1.29 is 0 Å². The van der Waals surface area contributed by atoms with Crippen LogP contribution in [0, 0.1) is 0 Å². The number of hydrogen-bond acceptors (Lipinski definition) is 4. The molecule has 2 heterocycles. The van der Waals surface area contributed by atoms with Gasteiger partial charge in [0, 0.05) is 17.3 Å². The number of aromatic nitrogens is 2. The Kier molecular flexibility index (Phi) is 3.11. The van der Waals surface area contributed by atoms with Crippen molar-refractivity contribution in [3.63, 3.8) is 0 Å². The van der Waals surface area contributed by atoms with E-state index in [2.05, 4.69) is 31.2 Å². The summed E-state index contributed by atoms with van der Waals surface area (Å²) in [5, 5.41) is 4.56. The van der Waals surface area contributed by atoms with Crippen molar-refractivity contribution >= 4 is 33.0 Å². The van der Waals surface area contributed by atoms with Gasteiger partial charge < -0.3 is 5.32 Å². The second-order valence-electron chi connectivity index (χ2n) is 4.04. The molecule has 3 nitrogen and oxygen atoms in total. The zero-order chi connectivity index (χ0) is 11.7. The summed E-state index contributed by atoms with van der Waals surface area (Å²) in [4.78, 5) is 10.2. The van der Waals surface area contributed by atoms with E-state index in [4.69, 9.17) is 0 Å². The molecule has 2 aromatic heterocycles. The van der Waals surface area contributed by atoms with Gasteiger partial charge in [0.2, 0.25) is 0 Å². The Hall–Kier alpha value is -0.940. The predicted molar refractivity (Wildman–Crippen MR) is 73.4 cm³/mol. The number of thiazole rings is 1. The number of fused-ring (bicyclic) bond motifs is 1. The van der Waals surface area contributed by atoms with Crippen LogP contribution in [0.4, 0.5) is 5.69 Å². The molecule has 17 heavy (non-hydrogen) atoms. The van der Waals surface area contributed by atoms with E-state index in [9.17, 15) is 0 Å². The average molecular weight is 310 g/mol. The van der Waals surface area contributed by atoms with Gasteiger partial charge in [0.15, 0.2) is 0 Å². The summed E-state index contributed by atoms with van der Waals surface area (Å²) >= 11 is 5.31. The van der Waals surface area contributed by atoms with Crippen molar-refractivity contribution in [2.24, 2.45) is 0 Å². The lowest BCUT2D eigenvalue weighted by Crippen LogP contribution is -2.00. The van der Waals surface area contributed by atoms with Crippen LogP contribution in [-0.4, -0.2) is 9.97 Å². The summed E-state index contributed by atoms with van der Waals surface area (Å²) < 4.78 is 0.990. The van der Waals surface area contributed by atoms with Gasteiger partial charge in [0.25, 0.3) is 0 Å². The fourth-order valence-electron chi connectivity index (χ4n) is 2.01. The van der Waals surface area contributed by atoms with E-state index >= 15 is 0 Å². The lowest BCUT2D eigenvalue weighted by atomic mass is 10.4. The lowest BCUT2D eigenvalue weighted by Gasteiger charge is -2.05. The fourth-order valence-corrected chi connectivity index (χ4v) is 3.50. The Morgan fingerprint density at radius 1 is 1.41 bits per heavy atom. The van der Waals surface area contributed by atoms with Crippen LogP contribution in [0.25, 0.3) is 0 Å². The third-order valence-corrected chi connectivity index (χ3v) is 4.63. The highest BCUT2D eigenvalue weighted by Crippen LogP contribution is 2.28. The quantitative estimate of drug-likeness (QED) is 0.944. The minimum Gasteiger partial charge on any atom is -0.378 e. The topological polar surface area (TPSA) is 37.8 Å². The van der Waals surface area contributed by atoms with E-state index in [1.807, 2.05) is 17.4 Å². The van der Waals surface area contributed by atoms with Crippen LogP contribution in [-0.2, 0) is 19.4 Å². The number of nitrogens with zero attached hydrogens (tertiary/aromatic N) is 2. The van der Waals surface area contributed by atoms with Crippen molar-refractivity contribution in [3.05, 3.63) is 38.5 Å². The Morgan fingerprint density at radius 2 is 2.35 bits per heavy atom. The van der Waals surface area contributed by atoms with Crippen LogP contribution in [0.3, 0.4) is 0 Å². The zero-order valence-corrected chi connectivity index (χ0v) is 11.6. The molecule has 1 aliphatic rings. The van der Waals surface area contributed by atoms with Crippen molar-refractivity contribution in [3.8, 4) is 0 Å². The first kappa shape index (κ1) is 11.2. The van der Waals surface area contributed by atoms with Gasteiger partial charge in [-0.25, -0.2) is 4.98 Å². The largest absolute Gasteiger partial charge is 0.378 e. The molecule has 0 saturated carbocycles. The lowest BCUT2D eigenvalue weighted by molar-refractivity contribution is 0.891. The predicted octanol–water partition coefficient (Wildman–Crippen LogP) is 3.40. The molecular weight excluding hydrogens is 298 g/mol. The van der Waals surface area contributed by atoms with Crippen LogP contribution in [0.15, 0.2) is 22.9 Å². The minimum atomic E-state index is 0.792. The number of anilines is 1.